The van der Waals surface area contributed by atoms with E-state index in [1.54, 1.807) is 4.90 Å². The summed E-state index contributed by atoms with van der Waals surface area (Å²) in [5, 5.41) is 8.95. The molecule has 2 rings (SSSR count). The monoisotopic (exact) mass is 322 g/mol. The van der Waals surface area contributed by atoms with Crippen LogP contribution in [0.25, 0.3) is 0 Å². The zero-order chi connectivity index (χ0) is 17.0. The summed E-state index contributed by atoms with van der Waals surface area (Å²) in [5.41, 5.74) is -0.415. The van der Waals surface area contributed by atoms with Crippen molar-refractivity contribution in [1.82, 2.24) is 9.88 Å². The molecule has 0 saturated carbocycles. The van der Waals surface area contributed by atoms with Crippen molar-refractivity contribution in [2.45, 2.75) is 45.3 Å². The molecule has 0 atom stereocenters. The Balaban J connectivity index is 1.86. The number of nitrogens with zero attached hydrogens (tertiary/aromatic N) is 2. The van der Waals surface area contributed by atoms with Gasteiger partial charge in [-0.25, -0.2) is 9.59 Å². The third-order valence-electron chi connectivity index (χ3n) is 3.36. The number of likely N-dealkylation sites (tertiary alicyclic amines) is 1. The number of ether oxygens (including phenoxy) is 2. The summed E-state index contributed by atoms with van der Waals surface area (Å²) in [6, 6.07) is 1.45. The standard InChI is InChI=1S/C16H22N2O5/c1-16(2,3)23-15(21)18-6-4-12(5-7-18)22-13-8-11(14(19)20)9-17-10-13/h8-10,12H,4-7H2,1-3H3,(H,19,20). The Bertz CT molecular complexity index is 574. The molecule has 23 heavy (non-hydrogen) atoms. The van der Waals surface area contributed by atoms with Gasteiger partial charge in [0.2, 0.25) is 0 Å². The number of aromatic nitrogens is 1. The minimum atomic E-state index is -1.04. The number of hydrogen-bond acceptors (Lipinski definition) is 5. The van der Waals surface area contributed by atoms with Crippen LogP contribution in [0, 0.1) is 0 Å². The van der Waals surface area contributed by atoms with Crippen LogP contribution < -0.4 is 4.74 Å². The van der Waals surface area contributed by atoms with Crippen LogP contribution in [0.1, 0.15) is 44.0 Å². The van der Waals surface area contributed by atoms with Crippen LogP contribution in [0.2, 0.25) is 0 Å². The first-order chi connectivity index (χ1) is 10.7. The first kappa shape index (κ1) is 17.1. The largest absolute Gasteiger partial charge is 0.489 e. The van der Waals surface area contributed by atoms with Crippen LogP contribution in [-0.4, -0.2) is 51.8 Å². The van der Waals surface area contributed by atoms with Crippen LogP contribution in [0.3, 0.4) is 0 Å². The van der Waals surface area contributed by atoms with Crippen molar-refractivity contribution in [3.05, 3.63) is 24.0 Å². The highest BCUT2D eigenvalue weighted by Crippen LogP contribution is 2.20. The molecule has 1 amide bonds. The van der Waals surface area contributed by atoms with Crippen molar-refractivity contribution in [3.8, 4) is 5.75 Å². The molecule has 1 aromatic heterocycles. The first-order valence-electron chi connectivity index (χ1n) is 7.57. The number of aromatic carboxylic acids is 1. The Morgan fingerprint density at radius 3 is 2.48 bits per heavy atom. The fourth-order valence-corrected chi connectivity index (χ4v) is 2.28. The Morgan fingerprint density at radius 2 is 1.91 bits per heavy atom. The van der Waals surface area contributed by atoms with Gasteiger partial charge in [-0.2, -0.15) is 0 Å². The maximum absolute atomic E-state index is 12.0. The van der Waals surface area contributed by atoms with Crippen molar-refractivity contribution in [2.75, 3.05) is 13.1 Å². The molecule has 7 nitrogen and oxygen atoms in total. The molecule has 1 saturated heterocycles. The van der Waals surface area contributed by atoms with Gasteiger partial charge in [-0.15, -0.1) is 0 Å². The van der Waals surface area contributed by atoms with Gasteiger partial charge >= 0.3 is 12.1 Å². The maximum atomic E-state index is 12.0. The molecular weight excluding hydrogens is 300 g/mol. The van der Waals surface area contributed by atoms with Gasteiger partial charge in [-0.3, -0.25) is 4.98 Å². The lowest BCUT2D eigenvalue weighted by atomic mass is 10.1. The number of pyridine rings is 1. The van der Waals surface area contributed by atoms with E-state index in [9.17, 15) is 9.59 Å². The van der Waals surface area contributed by atoms with Crippen LogP contribution in [0.4, 0.5) is 4.79 Å². The second-order valence-corrected chi connectivity index (χ2v) is 6.50. The van der Waals surface area contributed by atoms with E-state index in [2.05, 4.69) is 4.98 Å². The third-order valence-corrected chi connectivity index (χ3v) is 3.36. The molecule has 1 aliphatic heterocycles. The number of carbonyl (C=O) groups is 2. The van der Waals surface area contributed by atoms with Gasteiger partial charge < -0.3 is 19.5 Å². The lowest BCUT2D eigenvalue weighted by Crippen LogP contribution is -2.44. The van der Waals surface area contributed by atoms with Crippen molar-refractivity contribution in [3.63, 3.8) is 0 Å². The molecule has 1 N–H and O–H groups in total. The molecule has 0 spiro atoms. The lowest BCUT2D eigenvalue weighted by Gasteiger charge is -2.33. The summed E-state index contributed by atoms with van der Waals surface area (Å²) in [6.07, 6.45) is 3.71. The van der Waals surface area contributed by atoms with Gasteiger partial charge in [0, 0.05) is 32.1 Å². The Morgan fingerprint density at radius 1 is 1.26 bits per heavy atom. The highest BCUT2D eigenvalue weighted by atomic mass is 16.6. The molecule has 1 fully saturated rings. The number of carboxylic acids is 1. The summed E-state index contributed by atoms with van der Waals surface area (Å²) in [7, 11) is 0. The summed E-state index contributed by atoms with van der Waals surface area (Å²) < 4.78 is 11.1. The summed E-state index contributed by atoms with van der Waals surface area (Å²) >= 11 is 0. The maximum Gasteiger partial charge on any atom is 0.410 e. The Hall–Kier alpha value is -2.31. The lowest BCUT2D eigenvalue weighted by molar-refractivity contribution is 0.0126. The van der Waals surface area contributed by atoms with E-state index < -0.39 is 11.6 Å². The van der Waals surface area contributed by atoms with Crippen molar-refractivity contribution < 1.29 is 24.2 Å². The fraction of sp³-hybridized carbons (Fsp3) is 0.562. The van der Waals surface area contributed by atoms with Crippen molar-refractivity contribution >= 4 is 12.1 Å². The molecule has 7 heteroatoms. The molecular formula is C16H22N2O5. The molecule has 126 valence electrons. The van der Waals surface area contributed by atoms with Crippen LogP contribution in [0.15, 0.2) is 18.5 Å². The van der Waals surface area contributed by atoms with E-state index in [4.69, 9.17) is 14.6 Å². The van der Waals surface area contributed by atoms with Crippen molar-refractivity contribution in [1.29, 1.82) is 0 Å². The highest BCUT2D eigenvalue weighted by Gasteiger charge is 2.27. The molecule has 2 heterocycles. The van der Waals surface area contributed by atoms with Crippen molar-refractivity contribution in [2.24, 2.45) is 0 Å². The SMILES string of the molecule is CC(C)(C)OC(=O)N1CCC(Oc2cncc(C(=O)O)c2)CC1. The predicted octanol–water partition coefficient (Wildman–Crippen LogP) is 2.56. The number of carbonyl (C=O) groups excluding carboxylic acids is 1. The number of piperidine rings is 1. The van der Waals surface area contributed by atoms with Gasteiger partial charge in [0.05, 0.1) is 11.8 Å². The van der Waals surface area contributed by atoms with E-state index in [1.807, 2.05) is 20.8 Å². The Labute approximate surface area is 135 Å². The number of hydrogen-bond donors (Lipinski definition) is 1. The zero-order valence-electron chi connectivity index (χ0n) is 13.6. The van der Waals surface area contributed by atoms with E-state index in [0.29, 0.717) is 31.7 Å². The van der Waals surface area contributed by atoms with E-state index in [1.165, 1.54) is 18.5 Å². The van der Waals surface area contributed by atoms with Crippen LogP contribution >= 0.6 is 0 Å². The molecule has 0 radical (unpaired) electrons. The van der Waals surface area contributed by atoms with Crippen LogP contribution in [0.5, 0.6) is 5.75 Å². The van der Waals surface area contributed by atoms with E-state index in [0.717, 1.165) is 0 Å². The topological polar surface area (TPSA) is 89.0 Å². The summed E-state index contributed by atoms with van der Waals surface area (Å²) in [6.45, 7) is 6.60. The normalized spacial score (nSPS) is 16.0. The number of rotatable bonds is 3. The molecule has 1 aromatic rings. The van der Waals surface area contributed by atoms with Gasteiger partial charge in [0.15, 0.2) is 0 Å². The molecule has 0 aromatic carbocycles. The second kappa shape index (κ2) is 6.85. The van der Waals surface area contributed by atoms with E-state index >= 15 is 0 Å². The minimum absolute atomic E-state index is 0.0699. The van der Waals surface area contributed by atoms with Gasteiger partial charge in [-0.1, -0.05) is 0 Å². The average molecular weight is 322 g/mol. The third kappa shape index (κ3) is 5.12. The molecule has 1 aliphatic rings. The second-order valence-electron chi connectivity index (χ2n) is 6.50. The van der Waals surface area contributed by atoms with Gasteiger partial charge in [0.25, 0.3) is 0 Å². The first-order valence-corrected chi connectivity index (χ1v) is 7.57. The average Bonchev–Trinajstić information content (AvgIpc) is 2.46. The Kier molecular flexibility index (Phi) is 5.08. The molecule has 0 aliphatic carbocycles. The number of carboxylic acid groups (broad SMARTS) is 1. The minimum Gasteiger partial charge on any atom is -0.489 e. The van der Waals surface area contributed by atoms with E-state index in [-0.39, 0.29) is 17.8 Å². The quantitative estimate of drug-likeness (QED) is 0.920. The van der Waals surface area contributed by atoms with Gasteiger partial charge in [0.1, 0.15) is 17.5 Å². The predicted molar refractivity (Wildman–Crippen MR) is 82.7 cm³/mol. The summed E-state index contributed by atoms with van der Waals surface area (Å²) in [4.78, 5) is 28.4. The van der Waals surface area contributed by atoms with Gasteiger partial charge in [-0.05, 0) is 26.8 Å². The summed E-state index contributed by atoms with van der Waals surface area (Å²) in [5.74, 6) is -0.608. The fourth-order valence-electron chi connectivity index (χ4n) is 2.28. The highest BCUT2D eigenvalue weighted by molar-refractivity contribution is 5.87. The van der Waals surface area contributed by atoms with Crippen LogP contribution in [-0.2, 0) is 4.74 Å². The zero-order valence-corrected chi connectivity index (χ0v) is 13.6. The smallest absolute Gasteiger partial charge is 0.410 e. The number of amides is 1. The molecule has 0 bridgehead atoms. The molecule has 0 unspecified atom stereocenters.